The van der Waals surface area contributed by atoms with Gasteiger partial charge in [-0.2, -0.15) is 0 Å². The predicted molar refractivity (Wildman–Crippen MR) is 68.5 cm³/mol. The Hall–Kier alpha value is -1.53. The van der Waals surface area contributed by atoms with Crippen molar-refractivity contribution in [3.8, 4) is 0 Å². The van der Waals surface area contributed by atoms with Crippen molar-refractivity contribution in [1.82, 2.24) is 9.88 Å². The van der Waals surface area contributed by atoms with Gasteiger partial charge in [-0.05, 0) is 18.9 Å². The van der Waals surface area contributed by atoms with Crippen LogP contribution in [0.2, 0.25) is 5.02 Å². The van der Waals surface area contributed by atoms with Crippen molar-refractivity contribution in [2.45, 2.75) is 18.9 Å². The van der Waals surface area contributed by atoms with Gasteiger partial charge in [0.25, 0.3) is 5.91 Å². The molecule has 7 heteroatoms. The van der Waals surface area contributed by atoms with Gasteiger partial charge in [0, 0.05) is 18.8 Å². The Kier molecular flexibility index (Phi) is 4.44. The number of carboxylic acids is 1. The molecule has 0 radical (unpaired) electrons. The van der Waals surface area contributed by atoms with E-state index in [0.717, 1.165) is 12.8 Å². The number of nitrogens with one attached hydrogen (secondary N) is 1. The van der Waals surface area contributed by atoms with E-state index in [1.165, 1.54) is 0 Å². The van der Waals surface area contributed by atoms with Gasteiger partial charge in [-0.1, -0.05) is 11.6 Å². The lowest BCUT2D eigenvalue weighted by molar-refractivity contribution is -0.142. The number of carboxylic acid groups (broad SMARTS) is 1. The SMILES string of the molecule is O=C(O)COCCNC(=O)c1cc(Cl)cn1C1CC1. The van der Waals surface area contributed by atoms with E-state index in [1.54, 1.807) is 12.3 Å². The largest absolute Gasteiger partial charge is 0.480 e. The van der Waals surface area contributed by atoms with Crippen LogP contribution in [0.3, 0.4) is 0 Å². The minimum atomic E-state index is -1.03. The van der Waals surface area contributed by atoms with E-state index in [1.807, 2.05) is 4.57 Å². The first kappa shape index (κ1) is 13.9. The van der Waals surface area contributed by atoms with Gasteiger partial charge < -0.3 is 19.7 Å². The molecule has 1 aliphatic carbocycles. The number of nitrogens with zero attached hydrogens (tertiary/aromatic N) is 1. The molecule has 2 N–H and O–H groups in total. The van der Waals surface area contributed by atoms with Crippen LogP contribution in [0.4, 0.5) is 0 Å². The summed E-state index contributed by atoms with van der Waals surface area (Å²) in [5, 5.41) is 11.6. The standard InChI is InChI=1S/C12H15ClN2O4/c13-8-5-10(15(6-8)9-1-2-9)12(18)14-3-4-19-7-11(16)17/h5-6,9H,1-4,7H2,(H,14,18)(H,16,17). The first-order valence-corrected chi connectivity index (χ1v) is 6.41. The molecule has 104 valence electrons. The lowest BCUT2D eigenvalue weighted by Gasteiger charge is -2.08. The smallest absolute Gasteiger partial charge is 0.329 e. The summed E-state index contributed by atoms with van der Waals surface area (Å²) in [5.74, 6) is -1.25. The van der Waals surface area contributed by atoms with E-state index >= 15 is 0 Å². The van der Waals surface area contributed by atoms with Gasteiger partial charge in [0.15, 0.2) is 0 Å². The summed E-state index contributed by atoms with van der Waals surface area (Å²) in [6.45, 7) is 0.0651. The van der Waals surface area contributed by atoms with Gasteiger partial charge in [0.05, 0.1) is 11.6 Å². The Balaban J connectivity index is 1.81. The summed E-state index contributed by atoms with van der Waals surface area (Å²) in [5.41, 5.74) is 0.533. The fourth-order valence-electron chi connectivity index (χ4n) is 1.77. The van der Waals surface area contributed by atoms with Crippen molar-refractivity contribution in [3.05, 3.63) is 23.0 Å². The summed E-state index contributed by atoms with van der Waals surface area (Å²) in [7, 11) is 0. The number of amides is 1. The number of rotatable bonds is 7. The molecule has 1 saturated carbocycles. The lowest BCUT2D eigenvalue weighted by Crippen LogP contribution is -2.29. The van der Waals surface area contributed by atoms with Crippen LogP contribution in [0, 0.1) is 0 Å². The average Bonchev–Trinajstić information content (AvgIpc) is 3.11. The molecular weight excluding hydrogens is 272 g/mol. The fourth-order valence-corrected chi connectivity index (χ4v) is 1.98. The van der Waals surface area contributed by atoms with Crippen LogP contribution in [-0.4, -0.2) is 41.3 Å². The summed E-state index contributed by atoms with van der Waals surface area (Å²) in [4.78, 5) is 22.2. The Labute approximate surface area is 115 Å². The fraction of sp³-hybridized carbons (Fsp3) is 0.500. The summed E-state index contributed by atoms with van der Waals surface area (Å²) >= 11 is 5.91. The van der Waals surface area contributed by atoms with Gasteiger partial charge in [0.1, 0.15) is 12.3 Å². The van der Waals surface area contributed by atoms with Crippen LogP contribution < -0.4 is 5.32 Å². The van der Waals surface area contributed by atoms with Crippen LogP contribution in [0.15, 0.2) is 12.3 Å². The molecule has 19 heavy (non-hydrogen) atoms. The highest BCUT2D eigenvalue weighted by atomic mass is 35.5. The predicted octanol–water partition coefficient (Wildman–Crippen LogP) is 1.31. The first-order valence-electron chi connectivity index (χ1n) is 6.03. The molecule has 0 bridgehead atoms. The Morgan fingerprint density at radius 1 is 1.53 bits per heavy atom. The van der Waals surface area contributed by atoms with Crippen molar-refractivity contribution < 1.29 is 19.4 Å². The normalized spacial score (nSPS) is 14.4. The maximum absolute atomic E-state index is 11.9. The van der Waals surface area contributed by atoms with Gasteiger partial charge in [-0.15, -0.1) is 0 Å². The van der Waals surface area contributed by atoms with Gasteiger partial charge in [-0.3, -0.25) is 4.79 Å². The number of ether oxygens (including phenoxy) is 1. The minimum absolute atomic E-state index is 0.163. The van der Waals surface area contributed by atoms with E-state index < -0.39 is 5.97 Å². The van der Waals surface area contributed by atoms with E-state index in [-0.39, 0.29) is 25.7 Å². The van der Waals surface area contributed by atoms with Gasteiger partial charge in [0.2, 0.25) is 0 Å². The molecule has 0 spiro atoms. The monoisotopic (exact) mass is 286 g/mol. The molecule has 1 amide bonds. The molecule has 1 aromatic rings. The molecule has 1 fully saturated rings. The number of carbonyl (C=O) groups excluding carboxylic acids is 1. The van der Waals surface area contributed by atoms with Gasteiger partial charge >= 0.3 is 5.97 Å². The highest BCUT2D eigenvalue weighted by Crippen LogP contribution is 2.37. The number of carbonyl (C=O) groups is 2. The second-order valence-corrected chi connectivity index (χ2v) is 4.82. The third-order valence-corrected chi connectivity index (χ3v) is 2.95. The zero-order valence-electron chi connectivity index (χ0n) is 10.3. The number of hydrogen-bond acceptors (Lipinski definition) is 3. The van der Waals surface area contributed by atoms with E-state index in [2.05, 4.69) is 5.32 Å². The Morgan fingerprint density at radius 2 is 2.26 bits per heavy atom. The van der Waals surface area contributed by atoms with Crippen molar-refractivity contribution in [2.75, 3.05) is 19.8 Å². The lowest BCUT2D eigenvalue weighted by atomic mass is 10.4. The van der Waals surface area contributed by atoms with Crippen LogP contribution in [0.5, 0.6) is 0 Å². The van der Waals surface area contributed by atoms with E-state index in [4.69, 9.17) is 21.4 Å². The minimum Gasteiger partial charge on any atom is -0.480 e. The third kappa shape index (κ3) is 3.97. The molecule has 0 atom stereocenters. The van der Waals surface area contributed by atoms with Crippen LogP contribution in [0.25, 0.3) is 0 Å². The van der Waals surface area contributed by atoms with Gasteiger partial charge in [-0.25, -0.2) is 4.79 Å². The number of hydrogen-bond donors (Lipinski definition) is 2. The third-order valence-electron chi connectivity index (χ3n) is 2.75. The Bertz CT molecular complexity index is 482. The summed E-state index contributed by atoms with van der Waals surface area (Å²) < 4.78 is 6.71. The van der Waals surface area contributed by atoms with Crippen LogP contribution in [0.1, 0.15) is 29.4 Å². The molecular formula is C12H15ClN2O4. The quantitative estimate of drug-likeness (QED) is 0.741. The topological polar surface area (TPSA) is 80.6 Å². The maximum atomic E-state index is 11.9. The second kappa shape index (κ2) is 6.08. The number of halogens is 1. The van der Waals surface area contributed by atoms with Crippen LogP contribution >= 0.6 is 11.6 Å². The molecule has 1 aliphatic rings. The molecule has 2 rings (SSSR count). The molecule has 0 aromatic carbocycles. The zero-order chi connectivity index (χ0) is 13.8. The molecule has 1 aromatic heterocycles. The summed E-state index contributed by atoms with van der Waals surface area (Å²) in [6.07, 6.45) is 3.88. The number of aliphatic carboxylic acids is 1. The van der Waals surface area contributed by atoms with Crippen molar-refractivity contribution in [2.24, 2.45) is 0 Å². The van der Waals surface area contributed by atoms with Crippen molar-refractivity contribution in [3.63, 3.8) is 0 Å². The molecule has 0 saturated heterocycles. The van der Waals surface area contributed by atoms with Crippen molar-refractivity contribution >= 4 is 23.5 Å². The second-order valence-electron chi connectivity index (χ2n) is 4.38. The number of aromatic nitrogens is 1. The first-order chi connectivity index (χ1) is 9.08. The molecule has 1 heterocycles. The molecule has 0 unspecified atom stereocenters. The van der Waals surface area contributed by atoms with E-state index in [9.17, 15) is 9.59 Å². The highest BCUT2D eigenvalue weighted by Gasteiger charge is 2.27. The zero-order valence-corrected chi connectivity index (χ0v) is 11.0. The van der Waals surface area contributed by atoms with E-state index in [0.29, 0.717) is 16.8 Å². The highest BCUT2D eigenvalue weighted by molar-refractivity contribution is 6.31. The van der Waals surface area contributed by atoms with Crippen molar-refractivity contribution in [1.29, 1.82) is 0 Å². The summed E-state index contributed by atoms with van der Waals surface area (Å²) in [6, 6.07) is 2.00. The average molecular weight is 287 g/mol. The van der Waals surface area contributed by atoms with Crippen LogP contribution in [-0.2, 0) is 9.53 Å². The molecule has 0 aliphatic heterocycles. The Morgan fingerprint density at radius 3 is 2.89 bits per heavy atom. The maximum Gasteiger partial charge on any atom is 0.329 e. The molecule has 6 nitrogen and oxygen atoms in total.